The zero-order valence-electron chi connectivity index (χ0n) is 15.6. The molecule has 28 heavy (non-hydrogen) atoms. The van der Waals surface area contributed by atoms with Gasteiger partial charge in [0.05, 0.1) is 11.9 Å². The first-order valence-electron chi connectivity index (χ1n) is 9.52. The smallest absolute Gasteiger partial charge is 0.232 e. The highest BCUT2D eigenvalue weighted by molar-refractivity contribution is 6.07. The maximum absolute atomic E-state index is 13.1. The van der Waals surface area contributed by atoms with Crippen molar-refractivity contribution < 1.29 is 14.3 Å². The minimum atomic E-state index is -0.211. The molecule has 1 aromatic heterocycles. The minimum Gasteiger partial charge on any atom is -0.490 e. The van der Waals surface area contributed by atoms with Gasteiger partial charge in [0.2, 0.25) is 5.91 Å². The van der Waals surface area contributed by atoms with E-state index in [0.717, 1.165) is 41.1 Å². The van der Waals surface area contributed by atoms with E-state index in [4.69, 9.17) is 4.74 Å². The molecule has 0 radical (unpaired) electrons. The number of amides is 1. The molecule has 1 aliphatic carbocycles. The van der Waals surface area contributed by atoms with Gasteiger partial charge < -0.3 is 4.74 Å². The van der Waals surface area contributed by atoms with E-state index in [9.17, 15) is 9.59 Å². The lowest BCUT2D eigenvalue weighted by Gasteiger charge is -2.38. The molecule has 0 N–H and O–H groups in total. The van der Waals surface area contributed by atoms with Crippen molar-refractivity contribution in [2.45, 2.75) is 31.6 Å². The number of ketones is 1. The number of carbonyl (C=O) groups is 2. The Morgan fingerprint density at radius 3 is 2.71 bits per heavy atom. The van der Waals surface area contributed by atoms with Crippen LogP contribution >= 0.6 is 0 Å². The van der Waals surface area contributed by atoms with E-state index in [1.165, 1.54) is 0 Å². The summed E-state index contributed by atoms with van der Waals surface area (Å²) in [5.74, 6) is 0.668. The number of allylic oxidation sites excluding steroid dienone is 2. The fourth-order valence-corrected chi connectivity index (χ4v) is 4.01. The van der Waals surface area contributed by atoms with Gasteiger partial charge in [0.25, 0.3) is 0 Å². The standard InChI is InChI=1S/C23H22N2O3/c1-2-13-28-18-10-8-16(9-11-18)19-14-22(27)25(17-5-4-12-24-15-17)20-6-3-7-21(26)23(19)20/h2,4-5,8-12,15,19H,1,3,6-7,13-14H2. The van der Waals surface area contributed by atoms with Gasteiger partial charge in [0.15, 0.2) is 5.78 Å². The maximum Gasteiger partial charge on any atom is 0.232 e. The van der Waals surface area contributed by atoms with E-state index in [-0.39, 0.29) is 24.0 Å². The van der Waals surface area contributed by atoms with E-state index >= 15 is 0 Å². The summed E-state index contributed by atoms with van der Waals surface area (Å²) in [6, 6.07) is 11.3. The highest BCUT2D eigenvalue weighted by Gasteiger charge is 2.39. The lowest BCUT2D eigenvalue weighted by molar-refractivity contribution is -0.119. The third-order valence-electron chi connectivity index (χ3n) is 5.23. The van der Waals surface area contributed by atoms with Crippen molar-refractivity contribution in [3.05, 3.63) is 78.3 Å². The van der Waals surface area contributed by atoms with Crippen LogP contribution < -0.4 is 9.64 Å². The second-order valence-electron chi connectivity index (χ2n) is 7.00. The van der Waals surface area contributed by atoms with Gasteiger partial charge in [0.1, 0.15) is 12.4 Å². The number of hydrogen-bond donors (Lipinski definition) is 0. The lowest BCUT2D eigenvalue weighted by Crippen LogP contribution is -2.40. The zero-order chi connectivity index (χ0) is 19.5. The fourth-order valence-electron chi connectivity index (χ4n) is 4.01. The molecule has 1 aromatic carbocycles. The van der Waals surface area contributed by atoms with Gasteiger partial charge in [-0.2, -0.15) is 0 Å². The molecule has 2 aromatic rings. The second kappa shape index (κ2) is 7.80. The third kappa shape index (κ3) is 3.36. The molecule has 0 saturated carbocycles. The van der Waals surface area contributed by atoms with E-state index in [0.29, 0.717) is 13.0 Å². The summed E-state index contributed by atoms with van der Waals surface area (Å²) in [4.78, 5) is 31.8. The number of ether oxygens (including phenoxy) is 1. The molecule has 2 aliphatic rings. The summed E-state index contributed by atoms with van der Waals surface area (Å²) >= 11 is 0. The number of aromatic nitrogens is 1. The Bertz CT molecular complexity index is 932. The molecule has 5 nitrogen and oxygen atoms in total. The third-order valence-corrected chi connectivity index (χ3v) is 5.23. The monoisotopic (exact) mass is 374 g/mol. The summed E-state index contributed by atoms with van der Waals surface area (Å²) in [6.07, 6.45) is 7.34. The summed E-state index contributed by atoms with van der Waals surface area (Å²) in [5.41, 5.74) is 3.29. The Hall–Kier alpha value is -3.21. The van der Waals surface area contributed by atoms with Crippen LogP contribution in [-0.2, 0) is 9.59 Å². The first-order valence-corrected chi connectivity index (χ1v) is 9.52. The molecule has 5 heteroatoms. The average molecular weight is 374 g/mol. The fraction of sp³-hybridized carbons (Fsp3) is 0.261. The van der Waals surface area contributed by atoms with Crippen LogP contribution in [0.3, 0.4) is 0 Å². The molecule has 1 aliphatic heterocycles. The molecule has 2 heterocycles. The van der Waals surface area contributed by atoms with Crippen molar-refractivity contribution in [1.82, 2.24) is 4.98 Å². The van der Waals surface area contributed by atoms with E-state index < -0.39 is 0 Å². The Morgan fingerprint density at radius 1 is 1.18 bits per heavy atom. The minimum absolute atomic E-state index is 0.00145. The van der Waals surface area contributed by atoms with Crippen LogP contribution in [0.4, 0.5) is 5.69 Å². The van der Waals surface area contributed by atoms with Gasteiger partial charge in [0, 0.05) is 36.2 Å². The van der Waals surface area contributed by atoms with Gasteiger partial charge in [-0.15, -0.1) is 0 Å². The molecule has 1 atom stereocenters. The topological polar surface area (TPSA) is 59.5 Å². The first-order chi connectivity index (χ1) is 13.7. The highest BCUT2D eigenvalue weighted by atomic mass is 16.5. The number of pyridine rings is 1. The van der Waals surface area contributed by atoms with Gasteiger partial charge >= 0.3 is 0 Å². The molecule has 4 rings (SSSR count). The van der Waals surface area contributed by atoms with Crippen LogP contribution in [-0.4, -0.2) is 23.3 Å². The van der Waals surface area contributed by atoms with Crippen molar-refractivity contribution in [1.29, 1.82) is 0 Å². The van der Waals surface area contributed by atoms with Gasteiger partial charge in [-0.25, -0.2) is 0 Å². The Balaban J connectivity index is 1.74. The molecule has 0 bridgehead atoms. The number of rotatable bonds is 5. The van der Waals surface area contributed by atoms with Gasteiger partial charge in [-0.05, 0) is 42.7 Å². The number of benzene rings is 1. The van der Waals surface area contributed by atoms with E-state index in [2.05, 4.69) is 11.6 Å². The summed E-state index contributed by atoms with van der Waals surface area (Å²) < 4.78 is 5.54. The van der Waals surface area contributed by atoms with Gasteiger partial charge in [-0.1, -0.05) is 24.8 Å². The predicted octanol–water partition coefficient (Wildman–Crippen LogP) is 4.17. The number of Topliss-reactive ketones (excluding diaryl/α,β-unsaturated/α-hetero) is 1. The largest absolute Gasteiger partial charge is 0.490 e. The lowest BCUT2D eigenvalue weighted by atomic mass is 9.77. The van der Waals surface area contributed by atoms with Crippen molar-refractivity contribution in [2.24, 2.45) is 0 Å². The molecule has 0 fully saturated rings. The normalized spacial score (nSPS) is 19.4. The number of hydrogen-bond acceptors (Lipinski definition) is 4. The molecule has 0 saturated heterocycles. The SMILES string of the molecule is C=CCOc1ccc(C2CC(=O)N(c3cccnc3)C3=C2C(=O)CCC3)cc1. The first kappa shape index (κ1) is 18.2. The van der Waals surface area contributed by atoms with Crippen molar-refractivity contribution in [3.63, 3.8) is 0 Å². The van der Waals surface area contributed by atoms with Crippen LogP contribution in [0.2, 0.25) is 0 Å². The molecule has 1 unspecified atom stereocenters. The summed E-state index contributed by atoms with van der Waals surface area (Å²) in [6.45, 7) is 4.09. The number of carbonyl (C=O) groups excluding carboxylic acids is 2. The van der Waals surface area contributed by atoms with Gasteiger partial charge in [-0.3, -0.25) is 19.5 Å². The van der Waals surface area contributed by atoms with Crippen molar-refractivity contribution >= 4 is 17.4 Å². The van der Waals surface area contributed by atoms with Crippen LogP contribution in [0.15, 0.2) is 72.7 Å². The van der Waals surface area contributed by atoms with Crippen LogP contribution in [0.5, 0.6) is 5.75 Å². The summed E-state index contributed by atoms with van der Waals surface area (Å²) in [5, 5.41) is 0. The van der Waals surface area contributed by atoms with Crippen molar-refractivity contribution in [2.75, 3.05) is 11.5 Å². The molecule has 0 spiro atoms. The Labute approximate surface area is 164 Å². The number of anilines is 1. The van der Waals surface area contributed by atoms with Crippen LogP contribution in [0.1, 0.15) is 37.2 Å². The van der Waals surface area contributed by atoms with E-state index in [1.54, 1.807) is 23.4 Å². The quantitative estimate of drug-likeness (QED) is 0.737. The second-order valence-corrected chi connectivity index (χ2v) is 7.00. The van der Waals surface area contributed by atoms with Crippen LogP contribution in [0, 0.1) is 0 Å². The maximum atomic E-state index is 13.1. The zero-order valence-corrected chi connectivity index (χ0v) is 15.6. The van der Waals surface area contributed by atoms with E-state index in [1.807, 2.05) is 36.4 Å². The average Bonchev–Trinajstić information content (AvgIpc) is 2.73. The predicted molar refractivity (Wildman–Crippen MR) is 107 cm³/mol. The highest BCUT2D eigenvalue weighted by Crippen LogP contribution is 2.43. The molecule has 142 valence electrons. The summed E-state index contributed by atoms with van der Waals surface area (Å²) in [7, 11) is 0. The number of nitrogens with zero attached hydrogens (tertiary/aromatic N) is 2. The van der Waals surface area contributed by atoms with Crippen molar-refractivity contribution in [3.8, 4) is 5.75 Å². The molecular weight excluding hydrogens is 352 g/mol. The Morgan fingerprint density at radius 2 is 2.00 bits per heavy atom. The Kier molecular flexibility index (Phi) is 5.06. The molecular formula is C23H22N2O3. The van der Waals surface area contributed by atoms with Crippen LogP contribution in [0.25, 0.3) is 0 Å². The molecule has 1 amide bonds.